The van der Waals surface area contributed by atoms with Crippen molar-refractivity contribution in [2.75, 3.05) is 5.32 Å². The summed E-state index contributed by atoms with van der Waals surface area (Å²) in [6.45, 7) is 1.86. The van der Waals surface area contributed by atoms with Crippen LogP contribution in [0.2, 0.25) is 0 Å². The van der Waals surface area contributed by atoms with Gasteiger partial charge >= 0.3 is 0 Å². The van der Waals surface area contributed by atoms with Crippen LogP contribution in [0.25, 0.3) is 0 Å². The second-order valence-electron chi connectivity index (χ2n) is 3.98. The summed E-state index contributed by atoms with van der Waals surface area (Å²) in [5.74, 6) is -0.739. The fourth-order valence-corrected chi connectivity index (χ4v) is 2.57. The molecule has 0 atom stereocenters. The van der Waals surface area contributed by atoms with Gasteiger partial charge in [0.2, 0.25) is 0 Å². The van der Waals surface area contributed by atoms with E-state index in [-0.39, 0.29) is 16.5 Å². The van der Waals surface area contributed by atoms with E-state index in [2.05, 4.69) is 5.32 Å². The molecule has 1 heterocycles. The summed E-state index contributed by atoms with van der Waals surface area (Å²) in [7, 11) is 0. The van der Waals surface area contributed by atoms with Gasteiger partial charge in [-0.3, -0.25) is 4.79 Å². The Morgan fingerprint density at radius 3 is 2.68 bits per heavy atom. The van der Waals surface area contributed by atoms with E-state index in [1.807, 2.05) is 12.3 Å². The van der Waals surface area contributed by atoms with Gasteiger partial charge in [-0.15, -0.1) is 0 Å². The first-order valence-corrected chi connectivity index (χ1v) is 6.77. The van der Waals surface area contributed by atoms with Crippen LogP contribution in [0.5, 0.6) is 0 Å². The van der Waals surface area contributed by atoms with Gasteiger partial charge in [0.05, 0.1) is 5.56 Å². The molecule has 0 bridgehead atoms. The highest BCUT2D eigenvalue weighted by molar-refractivity contribution is 7.80. The highest BCUT2D eigenvalue weighted by Crippen LogP contribution is 2.18. The van der Waals surface area contributed by atoms with Crippen LogP contribution in [0.3, 0.4) is 0 Å². The Bertz CT molecular complexity index is 652. The fraction of sp³-hybridized carbons (Fsp3) is 0.0769. The first kappa shape index (κ1) is 13.6. The molecule has 0 saturated carbocycles. The first-order chi connectivity index (χ1) is 8.99. The van der Waals surface area contributed by atoms with E-state index in [9.17, 15) is 9.18 Å². The molecule has 2 rings (SSSR count). The number of anilines is 1. The number of carbonyl (C=O) groups excluding carboxylic acids is 1. The SMILES string of the molecule is Cc1cscc1C(=O)Nc1ccc(F)c(C(N)=S)c1. The maximum absolute atomic E-state index is 13.4. The molecule has 6 heteroatoms. The number of nitrogens with two attached hydrogens (primary N) is 1. The molecule has 0 spiro atoms. The standard InChI is InChI=1S/C13H11FN2OS2/c1-7-5-19-6-10(7)13(17)16-8-2-3-11(14)9(4-8)12(15)18/h2-6H,1H3,(H2,15,18)(H,16,17). The molecule has 3 N–H and O–H groups in total. The predicted octanol–water partition coefficient (Wildman–Crippen LogP) is 3.08. The lowest BCUT2D eigenvalue weighted by Gasteiger charge is -2.07. The number of nitrogens with one attached hydrogen (secondary N) is 1. The molecule has 2 aromatic rings. The minimum Gasteiger partial charge on any atom is -0.389 e. The lowest BCUT2D eigenvalue weighted by Crippen LogP contribution is -2.15. The van der Waals surface area contributed by atoms with Crippen LogP contribution in [0.4, 0.5) is 10.1 Å². The summed E-state index contributed by atoms with van der Waals surface area (Å²) in [6.07, 6.45) is 0. The molecular formula is C13H11FN2OS2. The van der Waals surface area contributed by atoms with Crippen LogP contribution in [-0.2, 0) is 0 Å². The quantitative estimate of drug-likeness (QED) is 0.855. The van der Waals surface area contributed by atoms with E-state index in [0.29, 0.717) is 11.3 Å². The van der Waals surface area contributed by atoms with Crippen LogP contribution < -0.4 is 11.1 Å². The molecule has 0 saturated heterocycles. The molecule has 1 aromatic heterocycles. The summed E-state index contributed by atoms with van der Waals surface area (Å²) in [4.78, 5) is 12.0. The molecule has 0 aliphatic rings. The Hall–Kier alpha value is -1.79. The number of aryl methyl sites for hydroxylation is 1. The van der Waals surface area contributed by atoms with Crippen molar-refractivity contribution >= 4 is 40.1 Å². The second kappa shape index (κ2) is 5.46. The van der Waals surface area contributed by atoms with Gasteiger partial charge in [0.1, 0.15) is 10.8 Å². The predicted molar refractivity (Wildman–Crippen MR) is 79.3 cm³/mol. The summed E-state index contributed by atoms with van der Waals surface area (Å²) in [5, 5.41) is 6.35. The maximum Gasteiger partial charge on any atom is 0.256 e. The smallest absolute Gasteiger partial charge is 0.256 e. The minimum atomic E-state index is -0.503. The number of carbonyl (C=O) groups is 1. The zero-order valence-corrected chi connectivity index (χ0v) is 11.7. The average Bonchev–Trinajstić information content (AvgIpc) is 2.77. The van der Waals surface area contributed by atoms with E-state index in [4.69, 9.17) is 18.0 Å². The highest BCUT2D eigenvalue weighted by atomic mass is 32.1. The molecule has 0 radical (unpaired) electrons. The summed E-state index contributed by atoms with van der Waals surface area (Å²) >= 11 is 6.20. The molecule has 0 aliphatic carbocycles. The first-order valence-electron chi connectivity index (χ1n) is 5.42. The van der Waals surface area contributed by atoms with Crippen molar-refractivity contribution in [3.63, 3.8) is 0 Å². The summed E-state index contributed by atoms with van der Waals surface area (Å²) in [6, 6.07) is 4.12. The fourth-order valence-electron chi connectivity index (χ4n) is 1.58. The Labute approximate surface area is 119 Å². The number of hydrogen-bond donors (Lipinski definition) is 2. The third kappa shape index (κ3) is 2.97. The van der Waals surface area contributed by atoms with Gasteiger partial charge in [0.15, 0.2) is 0 Å². The molecule has 0 aliphatic heterocycles. The highest BCUT2D eigenvalue weighted by Gasteiger charge is 2.12. The van der Waals surface area contributed by atoms with Gasteiger partial charge in [-0.2, -0.15) is 11.3 Å². The van der Waals surface area contributed by atoms with Gasteiger partial charge in [-0.1, -0.05) is 12.2 Å². The number of halogens is 1. The van der Waals surface area contributed by atoms with E-state index in [1.54, 1.807) is 5.38 Å². The van der Waals surface area contributed by atoms with E-state index >= 15 is 0 Å². The summed E-state index contributed by atoms with van der Waals surface area (Å²) < 4.78 is 13.4. The van der Waals surface area contributed by atoms with Crippen molar-refractivity contribution < 1.29 is 9.18 Å². The molecule has 1 amide bonds. The van der Waals surface area contributed by atoms with Crippen LogP contribution in [0, 0.1) is 12.7 Å². The molecule has 0 unspecified atom stereocenters. The van der Waals surface area contributed by atoms with Crippen molar-refractivity contribution in [2.24, 2.45) is 5.73 Å². The number of amides is 1. The van der Waals surface area contributed by atoms with E-state index in [1.165, 1.54) is 29.5 Å². The van der Waals surface area contributed by atoms with Crippen molar-refractivity contribution in [3.8, 4) is 0 Å². The monoisotopic (exact) mass is 294 g/mol. The molecule has 98 valence electrons. The topological polar surface area (TPSA) is 55.1 Å². The molecule has 0 fully saturated rings. The van der Waals surface area contributed by atoms with Crippen LogP contribution >= 0.6 is 23.6 Å². The Morgan fingerprint density at radius 2 is 2.11 bits per heavy atom. The lowest BCUT2D eigenvalue weighted by molar-refractivity contribution is 0.102. The van der Waals surface area contributed by atoms with Crippen LogP contribution in [-0.4, -0.2) is 10.9 Å². The minimum absolute atomic E-state index is 0.0414. The van der Waals surface area contributed by atoms with E-state index < -0.39 is 5.82 Å². The zero-order chi connectivity index (χ0) is 14.0. The van der Waals surface area contributed by atoms with E-state index in [0.717, 1.165) is 5.56 Å². The largest absolute Gasteiger partial charge is 0.389 e. The number of thiophene rings is 1. The molecule has 1 aromatic carbocycles. The van der Waals surface area contributed by atoms with Crippen LogP contribution in [0.15, 0.2) is 29.0 Å². The lowest BCUT2D eigenvalue weighted by atomic mass is 10.1. The van der Waals surface area contributed by atoms with Crippen molar-refractivity contribution in [1.82, 2.24) is 0 Å². The average molecular weight is 294 g/mol. The van der Waals surface area contributed by atoms with Gasteiger partial charge in [-0.05, 0) is 36.1 Å². The van der Waals surface area contributed by atoms with Gasteiger partial charge in [0, 0.05) is 16.6 Å². The van der Waals surface area contributed by atoms with Crippen LogP contribution in [0.1, 0.15) is 21.5 Å². The Balaban J connectivity index is 2.25. The number of benzene rings is 1. The van der Waals surface area contributed by atoms with Gasteiger partial charge in [0.25, 0.3) is 5.91 Å². The van der Waals surface area contributed by atoms with Gasteiger partial charge in [-0.25, -0.2) is 4.39 Å². The summed E-state index contributed by atoms with van der Waals surface area (Å²) in [5.41, 5.74) is 7.50. The Morgan fingerprint density at radius 1 is 1.37 bits per heavy atom. The Kier molecular flexibility index (Phi) is 3.92. The number of hydrogen-bond acceptors (Lipinski definition) is 3. The second-order valence-corrected chi connectivity index (χ2v) is 5.16. The van der Waals surface area contributed by atoms with Crippen molar-refractivity contribution in [3.05, 3.63) is 51.5 Å². The maximum atomic E-state index is 13.4. The number of rotatable bonds is 3. The zero-order valence-electron chi connectivity index (χ0n) is 10.1. The third-order valence-electron chi connectivity index (χ3n) is 2.59. The molecule has 19 heavy (non-hydrogen) atoms. The van der Waals surface area contributed by atoms with Crippen molar-refractivity contribution in [2.45, 2.75) is 6.92 Å². The van der Waals surface area contributed by atoms with Crippen molar-refractivity contribution in [1.29, 1.82) is 0 Å². The number of thiocarbonyl (C=S) groups is 1. The normalized spacial score (nSPS) is 10.2. The molecular weight excluding hydrogens is 283 g/mol. The third-order valence-corrected chi connectivity index (χ3v) is 3.67. The molecule has 3 nitrogen and oxygen atoms in total. The van der Waals surface area contributed by atoms with Gasteiger partial charge < -0.3 is 11.1 Å².